The highest BCUT2D eigenvalue weighted by Crippen LogP contribution is 2.59. The Bertz CT molecular complexity index is 4180. The SMILES string of the molecule is CC1(C)c2ccccc2N(c2ccc(N3c4ccccc4C(c4ccccc4)(c4ccccc4)c4ccncc43)cc2-n2c3ccccc3c3ccccc32)c2ccc(-n3c4ccccc4c4ccccc43)cc21. The van der Waals surface area contributed by atoms with Crippen molar-refractivity contribution in [2.45, 2.75) is 24.7 Å². The number of hydrogen-bond acceptors (Lipinski definition) is 3. The Balaban J connectivity index is 1.01. The molecule has 0 bridgehead atoms. The predicted molar refractivity (Wildman–Crippen MR) is 306 cm³/mol. The summed E-state index contributed by atoms with van der Waals surface area (Å²) >= 11 is 0. The van der Waals surface area contributed by atoms with E-state index in [9.17, 15) is 0 Å². The first-order valence-electron chi connectivity index (χ1n) is 25.6. The highest BCUT2D eigenvalue weighted by molar-refractivity contribution is 6.11. The minimum Gasteiger partial charge on any atom is -0.309 e. The molecular weight excluding hydrogens is 899 g/mol. The molecule has 10 aromatic carbocycles. The first-order valence-corrected chi connectivity index (χ1v) is 25.6. The number of benzene rings is 10. The van der Waals surface area contributed by atoms with Gasteiger partial charge in [0.05, 0.1) is 67.8 Å². The zero-order chi connectivity index (χ0) is 49.1. The average Bonchev–Trinajstić information content (AvgIpc) is 4.00. The number of rotatable bonds is 6. The van der Waals surface area contributed by atoms with Crippen LogP contribution in [0.1, 0.15) is 47.2 Å². The number of nitrogens with zero attached hydrogens (tertiary/aromatic N) is 5. The Morgan fingerprint density at radius 3 is 1.35 bits per heavy atom. The highest BCUT2D eigenvalue weighted by Gasteiger charge is 2.47. The van der Waals surface area contributed by atoms with Gasteiger partial charge in [-0.3, -0.25) is 4.98 Å². The Morgan fingerprint density at radius 1 is 0.311 bits per heavy atom. The van der Waals surface area contributed by atoms with Gasteiger partial charge in [0.25, 0.3) is 0 Å². The van der Waals surface area contributed by atoms with Crippen LogP contribution in [0.5, 0.6) is 0 Å². The molecule has 0 amide bonds. The zero-order valence-electron chi connectivity index (χ0n) is 41.1. The molecule has 0 saturated carbocycles. The van der Waals surface area contributed by atoms with Gasteiger partial charge in [0.15, 0.2) is 0 Å². The van der Waals surface area contributed by atoms with Crippen LogP contribution < -0.4 is 9.80 Å². The van der Waals surface area contributed by atoms with E-state index in [-0.39, 0.29) is 5.41 Å². The third-order valence-electron chi connectivity index (χ3n) is 16.2. The summed E-state index contributed by atoms with van der Waals surface area (Å²) in [5, 5.41) is 4.93. The normalized spacial score (nSPS) is 14.2. The van der Waals surface area contributed by atoms with Crippen LogP contribution in [0.4, 0.5) is 34.1 Å². The van der Waals surface area contributed by atoms with Gasteiger partial charge in [-0.2, -0.15) is 0 Å². The largest absolute Gasteiger partial charge is 0.309 e. The van der Waals surface area contributed by atoms with E-state index in [1.165, 1.54) is 66.0 Å². The van der Waals surface area contributed by atoms with E-state index in [4.69, 9.17) is 4.98 Å². The second kappa shape index (κ2) is 16.0. The molecule has 2 aliphatic rings. The van der Waals surface area contributed by atoms with Crippen LogP contribution in [0.3, 0.4) is 0 Å². The van der Waals surface area contributed by atoms with Gasteiger partial charge in [-0.1, -0.05) is 184 Å². The molecule has 350 valence electrons. The lowest BCUT2D eigenvalue weighted by Crippen LogP contribution is -2.37. The molecule has 74 heavy (non-hydrogen) atoms. The minimum atomic E-state index is -0.615. The molecule has 5 heteroatoms. The molecule has 3 aromatic heterocycles. The third-order valence-corrected chi connectivity index (χ3v) is 16.2. The van der Waals surface area contributed by atoms with Gasteiger partial charge in [0.1, 0.15) is 0 Å². The second-order valence-corrected chi connectivity index (χ2v) is 20.3. The summed E-state index contributed by atoms with van der Waals surface area (Å²) in [6.45, 7) is 4.78. The van der Waals surface area contributed by atoms with Crippen molar-refractivity contribution in [3.05, 3.63) is 294 Å². The maximum absolute atomic E-state index is 4.91. The fraction of sp³-hybridized carbons (Fsp3) is 0.0580. The maximum atomic E-state index is 4.91. The van der Waals surface area contributed by atoms with Crippen molar-refractivity contribution >= 4 is 77.7 Å². The topological polar surface area (TPSA) is 29.2 Å². The van der Waals surface area contributed by atoms with Gasteiger partial charge in [-0.25, -0.2) is 0 Å². The Labute approximate surface area is 430 Å². The summed E-state index contributed by atoms with van der Waals surface area (Å²) in [7, 11) is 0. The van der Waals surface area contributed by atoms with E-state index in [2.05, 4.69) is 288 Å². The molecule has 0 N–H and O–H groups in total. The van der Waals surface area contributed by atoms with Crippen LogP contribution in [0.2, 0.25) is 0 Å². The molecule has 0 unspecified atom stereocenters. The van der Waals surface area contributed by atoms with Gasteiger partial charge in [0, 0.05) is 44.5 Å². The van der Waals surface area contributed by atoms with Crippen molar-refractivity contribution in [1.82, 2.24) is 14.1 Å². The number of aromatic nitrogens is 3. The lowest BCUT2D eigenvalue weighted by atomic mass is 9.62. The monoisotopic (exact) mass is 947 g/mol. The Kier molecular flexibility index (Phi) is 9.15. The molecule has 0 spiro atoms. The summed E-state index contributed by atoms with van der Waals surface area (Å²) < 4.78 is 4.94. The molecule has 5 nitrogen and oxygen atoms in total. The van der Waals surface area contributed by atoms with Crippen LogP contribution in [-0.2, 0) is 10.8 Å². The smallest absolute Gasteiger partial charge is 0.0743 e. The molecule has 0 aliphatic carbocycles. The zero-order valence-corrected chi connectivity index (χ0v) is 41.1. The van der Waals surface area contributed by atoms with Crippen LogP contribution >= 0.6 is 0 Å². The molecule has 13 aromatic rings. The number of anilines is 6. The lowest BCUT2D eigenvalue weighted by molar-refractivity contribution is 0.631. The van der Waals surface area contributed by atoms with Gasteiger partial charge >= 0.3 is 0 Å². The fourth-order valence-electron chi connectivity index (χ4n) is 13.1. The van der Waals surface area contributed by atoms with Crippen molar-refractivity contribution in [2.24, 2.45) is 0 Å². The van der Waals surface area contributed by atoms with Crippen molar-refractivity contribution in [3.8, 4) is 11.4 Å². The van der Waals surface area contributed by atoms with Gasteiger partial charge in [-0.15, -0.1) is 0 Å². The molecular formula is C69H49N5. The summed E-state index contributed by atoms with van der Waals surface area (Å²) in [5.74, 6) is 0. The van der Waals surface area contributed by atoms with Crippen LogP contribution in [0.15, 0.2) is 261 Å². The van der Waals surface area contributed by atoms with Crippen LogP contribution in [-0.4, -0.2) is 14.1 Å². The summed E-state index contributed by atoms with van der Waals surface area (Å²) in [5.41, 5.74) is 19.9. The second-order valence-electron chi connectivity index (χ2n) is 20.3. The molecule has 0 atom stereocenters. The van der Waals surface area contributed by atoms with E-state index < -0.39 is 5.41 Å². The van der Waals surface area contributed by atoms with E-state index in [1.54, 1.807) is 0 Å². The Morgan fingerprint density at radius 2 is 0.757 bits per heavy atom. The molecule has 15 rings (SSSR count). The van der Waals surface area contributed by atoms with E-state index in [0.717, 1.165) is 56.5 Å². The fourth-order valence-corrected chi connectivity index (χ4v) is 13.1. The number of para-hydroxylation sites is 6. The standard InChI is InChI=1S/C69H49N5/c1-68(2)54-29-13-19-35-62(54)74(64-39-37-48(43-57(64)68)71-58-31-15-9-25-50(58)51-26-10-16-32-59(51)71)65-40-38-49(44-66(65)73-60-33-17-11-27-52(60)53-28-12-18-34-61(53)73)72-63-36-20-14-30-55(63)69(46-21-5-3-6-22-46,47-23-7-4-8-24-47)56-41-42-70-45-67(56)72/h3-45H,1-2H3. The van der Waals surface area contributed by atoms with Gasteiger partial charge in [-0.05, 0) is 112 Å². The molecule has 0 saturated heterocycles. The highest BCUT2D eigenvalue weighted by atomic mass is 15.2. The van der Waals surface area contributed by atoms with Crippen molar-refractivity contribution < 1.29 is 0 Å². The summed E-state index contributed by atoms with van der Waals surface area (Å²) in [6.07, 6.45) is 4.02. The number of fused-ring (bicyclic) bond motifs is 10. The third kappa shape index (κ3) is 5.83. The number of pyridine rings is 1. The first-order chi connectivity index (χ1) is 36.5. The number of hydrogen-bond donors (Lipinski definition) is 0. The van der Waals surface area contributed by atoms with Gasteiger partial charge < -0.3 is 18.9 Å². The predicted octanol–water partition coefficient (Wildman–Crippen LogP) is 17.6. The Hall–Kier alpha value is -9.45. The summed E-state index contributed by atoms with van der Waals surface area (Å²) in [6, 6.07) is 91.8. The summed E-state index contributed by atoms with van der Waals surface area (Å²) in [4.78, 5) is 9.89. The maximum Gasteiger partial charge on any atom is 0.0743 e. The molecule has 0 radical (unpaired) electrons. The quantitative estimate of drug-likeness (QED) is 0.166. The van der Waals surface area contributed by atoms with Crippen LogP contribution in [0.25, 0.3) is 55.0 Å². The van der Waals surface area contributed by atoms with Crippen molar-refractivity contribution in [3.63, 3.8) is 0 Å². The molecule has 2 aliphatic heterocycles. The minimum absolute atomic E-state index is 0.331. The van der Waals surface area contributed by atoms with E-state index in [1.807, 2.05) is 6.20 Å². The average molecular weight is 948 g/mol. The van der Waals surface area contributed by atoms with E-state index in [0.29, 0.717) is 0 Å². The molecule has 5 heterocycles. The molecule has 0 fully saturated rings. The first kappa shape index (κ1) is 42.3. The van der Waals surface area contributed by atoms with Crippen molar-refractivity contribution in [1.29, 1.82) is 0 Å². The van der Waals surface area contributed by atoms with E-state index >= 15 is 0 Å². The van der Waals surface area contributed by atoms with Crippen LogP contribution in [0, 0.1) is 0 Å². The van der Waals surface area contributed by atoms with Gasteiger partial charge in [0.2, 0.25) is 0 Å². The van der Waals surface area contributed by atoms with Crippen molar-refractivity contribution in [2.75, 3.05) is 9.80 Å². The lowest BCUT2D eigenvalue weighted by Gasteiger charge is -2.46.